The summed E-state index contributed by atoms with van der Waals surface area (Å²) < 4.78 is 50.8. The summed E-state index contributed by atoms with van der Waals surface area (Å²) in [5.74, 6) is -0.0874. The van der Waals surface area contributed by atoms with E-state index >= 15 is 0 Å². The average Bonchev–Trinajstić information content (AvgIpc) is 2.51. The van der Waals surface area contributed by atoms with E-state index in [-0.39, 0.29) is 10.6 Å². The zero-order chi connectivity index (χ0) is 16.9. The molecule has 0 radical (unpaired) electrons. The van der Waals surface area contributed by atoms with Gasteiger partial charge in [0, 0.05) is 7.11 Å². The Kier molecular flexibility index (Phi) is 5.57. The SMILES string of the molecule is COCCOc1ccc(S(=O)(=O)Nc2ccc(C)cc2F)cc1. The third kappa shape index (κ3) is 4.67. The highest BCUT2D eigenvalue weighted by Gasteiger charge is 2.16. The number of methoxy groups -OCH3 is 1. The quantitative estimate of drug-likeness (QED) is 0.788. The Hall–Kier alpha value is -2.12. The first kappa shape index (κ1) is 17.2. The number of sulfonamides is 1. The van der Waals surface area contributed by atoms with Crippen molar-refractivity contribution >= 4 is 15.7 Å². The molecule has 0 saturated heterocycles. The van der Waals surface area contributed by atoms with E-state index in [9.17, 15) is 12.8 Å². The average molecular weight is 339 g/mol. The molecule has 0 aliphatic heterocycles. The van der Waals surface area contributed by atoms with Gasteiger partial charge in [-0.25, -0.2) is 12.8 Å². The summed E-state index contributed by atoms with van der Waals surface area (Å²) in [6.07, 6.45) is 0. The van der Waals surface area contributed by atoms with Crippen molar-refractivity contribution < 1.29 is 22.3 Å². The Morgan fingerprint density at radius 1 is 1.09 bits per heavy atom. The molecular weight excluding hydrogens is 321 g/mol. The van der Waals surface area contributed by atoms with E-state index in [4.69, 9.17) is 9.47 Å². The normalized spacial score (nSPS) is 11.3. The maximum absolute atomic E-state index is 13.8. The van der Waals surface area contributed by atoms with Gasteiger partial charge >= 0.3 is 0 Å². The van der Waals surface area contributed by atoms with Crippen molar-refractivity contribution in [2.45, 2.75) is 11.8 Å². The lowest BCUT2D eigenvalue weighted by molar-refractivity contribution is 0.146. The van der Waals surface area contributed by atoms with Crippen LogP contribution in [0.25, 0.3) is 0 Å². The van der Waals surface area contributed by atoms with Crippen molar-refractivity contribution in [3.63, 3.8) is 0 Å². The van der Waals surface area contributed by atoms with Crippen LogP contribution in [0.1, 0.15) is 5.56 Å². The second-order valence-corrected chi connectivity index (χ2v) is 6.58. The summed E-state index contributed by atoms with van der Waals surface area (Å²) >= 11 is 0. The molecule has 23 heavy (non-hydrogen) atoms. The fourth-order valence-corrected chi connectivity index (χ4v) is 2.93. The Labute approximate surface area is 135 Å². The number of halogens is 1. The molecule has 2 aromatic rings. The predicted molar refractivity (Wildman–Crippen MR) is 85.8 cm³/mol. The molecule has 0 aliphatic carbocycles. The molecule has 0 saturated carbocycles. The number of anilines is 1. The smallest absolute Gasteiger partial charge is 0.261 e. The maximum Gasteiger partial charge on any atom is 0.261 e. The number of benzene rings is 2. The van der Waals surface area contributed by atoms with Gasteiger partial charge in [0.1, 0.15) is 18.2 Å². The molecule has 2 aromatic carbocycles. The molecule has 1 N–H and O–H groups in total. The number of hydrogen-bond donors (Lipinski definition) is 1. The summed E-state index contributed by atoms with van der Waals surface area (Å²) in [6.45, 7) is 2.54. The van der Waals surface area contributed by atoms with Gasteiger partial charge in [-0.3, -0.25) is 4.72 Å². The number of ether oxygens (including phenoxy) is 2. The van der Waals surface area contributed by atoms with Gasteiger partial charge in [0.15, 0.2) is 0 Å². The van der Waals surface area contributed by atoms with Gasteiger partial charge in [-0.15, -0.1) is 0 Å². The van der Waals surface area contributed by atoms with E-state index in [1.807, 2.05) is 0 Å². The Morgan fingerprint density at radius 2 is 1.78 bits per heavy atom. The van der Waals surface area contributed by atoms with E-state index in [1.54, 1.807) is 20.1 Å². The fourth-order valence-electron chi connectivity index (χ4n) is 1.86. The largest absolute Gasteiger partial charge is 0.491 e. The second-order valence-electron chi connectivity index (χ2n) is 4.90. The van der Waals surface area contributed by atoms with Crippen LogP contribution in [0.3, 0.4) is 0 Å². The van der Waals surface area contributed by atoms with E-state index in [2.05, 4.69) is 4.72 Å². The Morgan fingerprint density at radius 3 is 2.39 bits per heavy atom. The fraction of sp³-hybridized carbons (Fsp3) is 0.250. The number of aryl methyl sites for hydroxylation is 1. The predicted octanol–water partition coefficient (Wildman–Crippen LogP) is 2.96. The van der Waals surface area contributed by atoms with Crippen LogP contribution in [0.2, 0.25) is 0 Å². The molecule has 7 heteroatoms. The van der Waals surface area contributed by atoms with Gasteiger partial charge in [-0.1, -0.05) is 6.07 Å². The number of nitrogens with one attached hydrogen (secondary N) is 1. The standard InChI is InChI=1S/C16H18FNO4S/c1-12-3-8-16(15(17)11-12)18-23(19,20)14-6-4-13(5-7-14)22-10-9-21-2/h3-8,11,18H,9-10H2,1-2H3. The highest BCUT2D eigenvalue weighted by Crippen LogP contribution is 2.21. The molecule has 5 nitrogen and oxygen atoms in total. The topological polar surface area (TPSA) is 64.6 Å². The van der Waals surface area contributed by atoms with Crippen LogP contribution in [0.15, 0.2) is 47.4 Å². The van der Waals surface area contributed by atoms with E-state index in [0.717, 1.165) is 0 Å². The lowest BCUT2D eigenvalue weighted by atomic mass is 10.2. The summed E-state index contributed by atoms with van der Waals surface area (Å²) in [7, 11) is -2.30. The highest BCUT2D eigenvalue weighted by molar-refractivity contribution is 7.92. The maximum atomic E-state index is 13.8. The van der Waals surface area contributed by atoms with Crippen molar-refractivity contribution in [1.82, 2.24) is 0 Å². The van der Waals surface area contributed by atoms with Crippen molar-refractivity contribution in [3.05, 3.63) is 53.8 Å². The van der Waals surface area contributed by atoms with Crippen LogP contribution in [0.4, 0.5) is 10.1 Å². The third-order valence-electron chi connectivity index (χ3n) is 3.06. The molecule has 0 aromatic heterocycles. The van der Waals surface area contributed by atoms with Gasteiger partial charge in [0.25, 0.3) is 10.0 Å². The van der Waals surface area contributed by atoms with Gasteiger partial charge in [0.2, 0.25) is 0 Å². The molecular formula is C16H18FNO4S. The summed E-state index contributed by atoms with van der Waals surface area (Å²) in [4.78, 5) is 0.0246. The van der Waals surface area contributed by atoms with Crippen molar-refractivity contribution in [3.8, 4) is 5.75 Å². The van der Waals surface area contributed by atoms with Crippen molar-refractivity contribution in [2.75, 3.05) is 25.0 Å². The monoisotopic (exact) mass is 339 g/mol. The highest BCUT2D eigenvalue weighted by atomic mass is 32.2. The van der Waals surface area contributed by atoms with E-state index in [1.165, 1.54) is 36.4 Å². The molecule has 0 atom stereocenters. The molecule has 0 heterocycles. The molecule has 0 aliphatic rings. The molecule has 0 fully saturated rings. The molecule has 2 rings (SSSR count). The molecule has 0 amide bonds. The third-order valence-corrected chi connectivity index (χ3v) is 4.44. The first-order chi connectivity index (χ1) is 10.9. The lowest BCUT2D eigenvalue weighted by Gasteiger charge is -2.10. The minimum atomic E-state index is -3.86. The van der Waals surface area contributed by atoms with Crippen LogP contribution >= 0.6 is 0 Å². The summed E-state index contributed by atoms with van der Waals surface area (Å²) in [5.41, 5.74) is 0.624. The summed E-state index contributed by atoms with van der Waals surface area (Å²) in [5, 5.41) is 0. The molecule has 0 spiro atoms. The zero-order valence-electron chi connectivity index (χ0n) is 12.9. The Bertz CT molecular complexity index is 760. The summed E-state index contributed by atoms with van der Waals surface area (Å²) in [6, 6.07) is 10.2. The van der Waals surface area contributed by atoms with Gasteiger partial charge in [0.05, 0.1) is 17.2 Å². The van der Waals surface area contributed by atoms with E-state index in [0.29, 0.717) is 24.5 Å². The first-order valence-electron chi connectivity index (χ1n) is 6.93. The molecule has 124 valence electrons. The second kappa shape index (κ2) is 7.43. The van der Waals surface area contributed by atoms with Gasteiger partial charge in [-0.05, 0) is 48.9 Å². The van der Waals surface area contributed by atoms with Gasteiger partial charge in [-0.2, -0.15) is 0 Å². The number of hydrogen-bond acceptors (Lipinski definition) is 4. The lowest BCUT2D eigenvalue weighted by Crippen LogP contribution is -2.14. The zero-order valence-corrected chi connectivity index (χ0v) is 13.7. The number of rotatable bonds is 7. The first-order valence-corrected chi connectivity index (χ1v) is 8.41. The van der Waals surface area contributed by atoms with Crippen molar-refractivity contribution in [2.24, 2.45) is 0 Å². The van der Waals surface area contributed by atoms with Crippen LogP contribution in [-0.2, 0) is 14.8 Å². The Balaban J connectivity index is 2.13. The van der Waals surface area contributed by atoms with Crippen LogP contribution in [0, 0.1) is 12.7 Å². The van der Waals surface area contributed by atoms with Crippen LogP contribution < -0.4 is 9.46 Å². The molecule has 0 bridgehead atoms. The van der Waals surface area contributed by atoms with Crippen LogP contribution in [0.5, 0.6) is 5.75 Å². The minimum absolute atomic E-state index is 0.0246. The van der Waals surface area contributed by atoms with Crippen molar-refractivity contribution in [1.29, 1.82) is 0 Å². The minimum Gasteiger partial charge on any atom is -0.491 e. The van der Waals surface area contributed by atoms with Gasteiger partial charge < -0.3 is 9.47 Å². The van der Waals surface area contributed by atoms with Crippen LogP contribution in [-0.4, -0.2) is 28.7 Å². The molecule has 0 unspecified atom stereocenters. The van der Waals surface area contributed by atoms with E-state index < -0.39 is 15.8 Å².